The normalized spacial score (nSPS) is 11.4. The van der Waals surface area contributed by atoms with Crippen LogP contribution in [0.3, 0.4) is 0 Å². The van der Waals surface area contributed by atoms with Crippen molar-refractivity contribution in [1.29, 1.82) is 0 Å². The molecule has 1 aromatic carbocycles. The van der Waals surface area contributed by atoms with Crippen molar-refractivity contribution in [3.8, 4) is 11.3 Å². The Hall–Kier alpha value is -0.560. The fourth-order valence-electron chi connectivity index (χ4n) is 1.94. The molecule has 0 aliphatic heterocycles. The highest BCUT2D eigenvalue weighted by molar-refractivity contribution is 9.10. The molecular weight excluding hydrogens is 403 g/mol. The first-order valence-electron chi connectivity index (χ1n) is 7.09. The Morgan fingerprint density at radius 2 is 1.70 bits per heavy atom. The van der Waals surface area contributed by atoms with Crippen molar-refractivity contribution in [2.45, 2.75) is 19.6 Å². The minimum absolute atomic E-state index is 0. The number of furan rings is 1. The van der Waals surface area contributed by atoms with Crippen LogP contribution in [0.4, 0.5) is 0 Å². The van der Waals surface area contributed by atoms with Crippen LogP contribution in [0.5, 0.6) is 0 Å². The Balaban J connectivity index is 0.00000242. The summed E-state index contributed by atoms with van der Waals surface area (Å²) >= 11 is 3.42. The molecule has 2 aromatic rings. The summed E-state index contributed by atoms with van der Waals surface area (Å²) in [6.45, 7) is 4.75. The summed E-state index contributed by atoms with van der Waals surface area (Å²) in [6.07, 6.45) is -0.302. The van der Waals surface area contributed by atoms with Crippen molar-refractivity contribution in [3.05, 3.63) is 46.6 Å². The van der Waals surface area contributed by atoms with Crippen LogP contribution in [0.2, 0.25) is 0 Å². The monoisotopic (exact) mass is 424 g/mol. The molecule has 0 radical (unpaired) electrons. The smallest absolute Gasteiger partial charge is 0.134 e. The predicted molar refractivity (Wildman–Crippen MR) is 103 cm³/mol. The molecule has 130 valence electrons. The summed E-state index contributed by atoms with van der Waals surface area (Å²) in [5, 5.41) is 15.6. The van der Waals surface area contributed by atoms with Gasteiger partial charge in [-0.1, -0.05) is 28.1 Å². The van der Waals surface area contributed by atoms with Gasteiger partial charge in [0.2, 0.25) is 0 Å². The Kier molecular flexibility index (Phi) is 11.6. The molecule has 4 nitrogen and oxygen atoms in total. The van der Waals surface area contributed by atoms with Crippen LogP contribution in [0.15, 0.2) is 45.3 Å². The van der Waals surface area contributed by atoms with Crippen LogP contribution < -0.4 is 10.6 Å². The van der Waals surface area contributed by atoms with Crippen molar-refractivity contribution in [1.82, 2.24) is 10.6 Å². The van der Waals surface area contributed by atoms with Gasteiger partial charge in [0.05, 0.1) is 12.6 Å². The number of benzene rings is 1. The van der Waals surface area contributed by atoms with Crippen LogP contribution >= 0.6 is 40.7 Å². The molecule has 0 aliphatic rings. The van der Waals surface area contributed by atoms with Gasteiger partial charge in [0, 0.05) is 29.7 Å². The molecule has 2 rings (SSSR count). The second kappa shape index (κ2) is 11.9. The number of aliphatic hydroxyl groups is 1. The fourth-order valence-corrected chi connectivity index (χ4v) is 2.21. The quantitative estimate of drug-likeness (QED) is 0.565. The number of rotatable bonds is 8. The molecule has 1 aromatic heterocycles. The molecule has 3 N–H and O–H groups in total. The zero-order valence-electron chi connectivity index (χ0n) is 12.9. The Bertz CT molecular complexity index is 547. The van der Waals surface area contributed by atoms with Gasteiger partial charge in [-0.15, -0.1) is 24.8 Å². The number of hydrogen-bond donors (Lipinski definition) is 3. The van der Waals surface area contributed by atoms with Gasteiger partial charge in [-0.05, 0) is 31.2 Å². The van der Waals surface area contributed by atoms with Gasteiger partial charge < -0.3 is 20.2 Å². The summed E-state index contributed by atoms with van der Waals surface area (Å²) in [5.41, 5.74) is 1.07. The Morgan fingerprint density at radius 3 is 2.35 bits per heavy atom. The van der Waals surface area contributed by atoms with E-state index in [1.807, 2.05) is 36.4 Å². The highest BCUT2D eigenvalue weighted by atomic mass is 79.9. The lowest BCUT2D eigenvalue weighted by Gasteiger charge is -2.07. The molecule has 1 atom stereocenters. The average molecular weight is 426 g/mol. The highest BCUT2D eigenvalue weighted by Crippen LogP contribution is 2.23. The zero-order valence-corrected chi connectivity index (χ0v) is 16.1. The van der Waals surface area contributed by atoms with E-state index in [9.17, 15) is 0 Å². The Morgan fingerprint density at radius 1 is 1.04 bits per heavy atom. The maximum absolute atomic E-state index is 9.11. The number of halogens is 3. The number of aliphatic hydroxyl groups excluding tert-OH is 1. The fraction of sp³-hybridized carbons (Fsp3) is 0.375. The van der Waals surface area contributed by atoms with E-state index in [-0.39, 0.29) is 30.9 Å². The Labute approximate surface area is 158 Å². The third kappa shape index (κ3) is 8.20. The van der Waals surface area contributed by atoms with Crippen molar-refractivity contribution < 1.29 is 9.52 Å². The number of hydrogen-bond acceptors (Lipinski definition) is 4. The van der Waals surface area contributed by atoms with Crippen LogP contribution in [0, 0.1) is 0 Å². The average Bonchev–Trinajstić information content (AvgIpc) is 2.92. The first kappa shape index (κ1) is 22.4. The number of nitrogens with one attached hydrogen (secondary N) is 2. The SMILES string of the molecule is CC(O)CNCCNCc1ccc(-c2ccc(Br)cc2)o1.Cl.Cl. The van der Waals surface area contributed by atoms with Crippen molar-refractivity contribution >= 4 is 40.7 Å². The lowest BCUT2D eigenvalue weighted by atomic mass is 10.2. The van der Waals surface area contributed by atoms with Gasteiger partial charge in [0.15, 0.2) is 0 Å². The molecule has 1 unspecified atom stereocenters. The van der Waals surface area contributed by atoms with E-state index in [0.717, 1.165) is 34.6 Å². The summed E-state index contributed by atoms with van der Waals surface area (Å²) in [4.78, 5) is 0. The molecule has 7 heteroatoms. The van der Waals surface area contributed by atoms with Crippen LogP contribution in [0.25, 0.3) is 11.3 Å². The highest BCUT2D eigenvalue weighted by Gasteiger charge is 2.04. The largest absolute Gasteiger partial charge is 0.460 e. The van der Waals surface area contributed by atoms with Gasteiger partial charge in [0.1, 0.15) is 11.5 Å². The summed E-state index contributed by atoms with van der Waals surface area (Å²) in [5.74, 6) is 1.80. The van der Waals surface area contributed by atoms with Gasteiger partial charge in [-0.2, -0.15) is 0 Å². The van der Waals surface area contributed by atoms with Gasteiger partial charge in [-0.3, -0.25) is 0 Å². The van der Waals surface area contributed by atoms with E-state index in [0.29, 0.717) is 13.1 Å². The van der Waals surface area contributed by atoms with Crippen molar-refractivity contribution in [3.63, 3.8) is 0 Å². The molecule has 0 saturated heterocycles. The molecule has 1 heterocycles. The van der Waals surface area contributed by atoms with Crippen molar-refractivity contribution in [2.75, 3.05) is 19.6 Å². The first-order valence-corrected chi connectivity index (χ1v) is 7.88. The lowest BCUT2D eigenvalue weighted by Crippen LogP contribution is -2.31. The molecule has 0 spiro atoms. The van der Waals surface area contributed by atoms with Crippen LogP contribution in [0.1, 0.15) is 12.7 Å². The second-order valence-corrected chi connectivity index (χ2v) is 5.92. The maximum atomic E-state index is 9.11. The van der Waals surface area contributed by atoms with Gasteiger partial charge >= 0.3 is 0 Å². The minimum atomic E-state index is -0.302. The predicted octanol–water partition coefficient (Wildman–Crippen LogP) is 3.61. The second-order valence-electron chi connectivity index (χ2n) is 5.00. The van der Waals surface area contributed by atoms with E-state index in [1.165, 1.54) is 0 Å². The third-order valence-electron chi connectivity index (χ3n) is 3.01. The molecule has 0 amide bonds. The lowest BCUT2D eigenvalue weighted by molar-refractivity contribution is 0.191. The van der Waals surface area contributed by atoms with E-state index in [2.05, 4.69) is 26.6 Å². The van der Waals surface area contributed by atoms with E-state index in [4.69, 9.17) is 9.52 Å². The van der Waals surface area contributed by atoms with E-state index >= 15 is 0 Å². The van der Waals surface area contributed by atoms with Gasteiger partial charge in [-0.25, -0.2) is 0 Å². The summed E-state index contributed by atoms with van der Waals surface area (Å²) in [6, 6.07) is 12.0. The standard InChI is InChI=1S/C16H21BrN2O2.2ClH/c1-12(20)10-18-8-9-19-11-15-6-7-16(21-15)13-2-4-14(17)5-3-13;;/h2-7,12,18-20H,8-11H2,1H3;2*1H. The van der Waals surface area contributed by atoms with Crippen molar-refractivity contribution in [2.24, 2.45) is 0 Å². The molecule has 0 saturated carbocycles. The molecule has 0 fully saturated rings. The van der Waals surface area contributed by atoms with E-state index < -0.39 is 0 Å². The first-order chi connectivity index (χ1) is 10.1. The molecule has 0 aliphatic carbocycles. The summed E-state index contributed by atoms with van der Waals surface area (Å²) in [7, 11) is 0. The molecule has 0 bridgehead atoms. The maximum Gasteiger partial charge on any atom is 0.134 e. The minimum Gasteiger partial charge on any atom is -0.460 e. The molecule has 23 heavy (non-hydrogen) atoms. The topological polar surface area (TPSA) is 57.4 Å². The van der Waals surface area contributed by atoms with Gasteiger partial charge in [0.25, 0.3) is 0 Å². The van der Waals surface area contributed by atoms with Crippen LogP contribution in [-0.4, -0.2) is 30.8 Å². The van der Waals surface area contributed by atoms with E-state index in [1.54, 1.807) is 6.92 Å². The van der Waals surface area contributed by atoms with Crippen LogP contribution in [-0.2, 0) is 6.54 Å². The molecular formula is C16H23BrCl2N2O2. The zero-order chi connectivity index (χ0) is 15.1. The summed E-state index contributed by atoms with van der Waals surface area (Å²) < 4.78 is 6.88. The third-order valence-corrected chi connectivity index (χ3v) is 3.54.